The van der Waals surface area contributed by atoms with Gasteiger partial charge in [0.15, 0.2) is 0 Å². The van der Waals surface area contributed by atoms with E-state index >= 15 is 0 Å². The summed E-state index contributed by atoms with van der Waals surface area (Å²) in [5.74, 6) is -0.649. The topological polar surface area (TPSA) is 82.5 Å². The van der Waals surface area contributed by atoms with Crippen molar-refractivity contribution in [2.24, 2.45) is 0 Å². The third-order valence-corrected chi connectivity index (χ3v) is 3.55. The van der Waals surface area contributed by atoms with Gasteiger partial charge in [0.05, 0.1) is 17.7 Å². The van der Waals surface area contributed by atoms with E-state index < -0.39 is 12.1 Å². The fraction of sp³-hybridized carbons (Fsp3) is 0.538. The third-order valence-electron chi connectivity index (χ3n) is 3.35. The number of aliphatic hydroxyl groups is 1. The molecule has 6 heteroatoms. The van der Waals surface area contributed by atoms with Crippen LogP contribution < -0.4 is 5.32 Å². The first-order valence-electron chi connectivity index (χ1n) is 6.42. The van der Waals surface area contributed by atoms with E-state index in [0.29, 0.717) is 5.82 Å². The van der Waals surface area contributed by atoms with Crippen LogP contribution in [0.25, 0.3) is 0 Å². The van der Waals surface area contributed by atoms with E-state index in [0.717, 1.165) is 32.1 Å². The number of halogens is 1. The van der Waals surface area contributed by atoms with E-state index in [1.165, 1.54) is 12.1 Å². The lowest BCUT2D eigenvalue weighted by Gasteiger charge is -2.22. The summed E-state index contributed by atoms with van der Waals surface area (Å²) < 4.78 is 0. The van der Waals surface area contributed by atoms with Crippen molar-refractivity contribution in [2.45, 2.75) is 44.2 Å². The Hall–Kier alpha value is -1.33. The van der Waals surface area contributed by atoms with Gasteiger partial charge in [0.2, 0.25) is 0 Å². The zero-order valence-electron chi connectivity index (χ0n) is 10.5. The molecule has 1 aliphatic carbocycles. The van der Waals surface area contributed by atoms with Gasteiger partial charge >= 0.3 is 5.97 Å². The molecule has 1 saturated carbocycles. The van der Waals surface area contributed by atoms with Gasteiger partial charge in [-0.15, -0.1) is 0 Å². The Morgan fingerprint density at radius 1 is 1.32 bits per heavy atom. The van der Waals surface area contributed by atoms with Crippen molar-refractivity contribution in [3.8, 4) is 0 Å². The number of carboxylic acids is 1. The monoisotopic (exact) mass is 284 g/mol. The molecular formula is C13H17ClN2O3. The average molecular weight is 285 g/mol. The number of carbonyl (C=O) groups is 1. The van der Waals surface area contributed by atoms with Crippen LogP contribution in [0.15, 0.2) is 12.1 Å². The smallest absolute Gasteiger partial charge is 0.335 e. The lowest BCUT2D eigenvalue weighted by atomic mass is 10.1. The van der Waals surface area contributed by atoms with Crippen LogP contribution in [-0.2, 0) is 0 Å². The fourth-order valence-corrected chi connectivity index (χ4v) is 2.55. The number of nitrogens with one attached hydrogen (secondary N) is 1. The van der Waals surface area contributed by atoms with Crippen LogP contribution in [0.1, 0.15) is 42.5 Å². The summed E-state index contributed by atoms with van der Waals surface area (Å²) in [5.41, 5.74) is 0.0885. The normalized spacial score (nSPS) is 23.7. The molecule has 0 bridgehead atoms. The number of aromatic carboxylic acids is 1. The molecule has 2 rings (SSSR count). The molecule has 1 fully saturated rings. The number of rotatable bonds is 3. The predicted molar refractivity (Wildman–Crippen MR) is 72.7 cm³/mol. The van der Waals surface area contributed by atoms with E-state index in [9.17, 15) is 9.90 Å². The minimum absolute atomic E-state index is 0.0885. The number of hydrogen-bond donors (Lipinski definition) is 3. The lowest BCUT2D eigenvalue weighted by Crippen LogP contribution is -2.32. The van der Waals surface area contributed by atoms with Crippen molar-refractivity contribution >= 4 is 23.4 Å². The van der Waals surface area contributed by atoms with E-state index in [4.69, 9.17) is 16.7 Å². The maximum absolute atomic E-state index is 11.0. The largest absolute Gasteiger partial charge is 0.478 e. The second kappa shape index (κ2) is 6.21. The first-order chi connectivity index (χ1) is 9.06. The van der Waals surface area contributed by atoms with Crippen LogP contribution in [0.2, 0.25) is 5.15 Å². The van der Waals surface area contributed by atoms with Crippen molar-refractivity contribution in [1.29, 1.82) is 0 Å². The van der Waals surface area contributed by atoms with Crippen LogP contribution in [0.5, 0.6) is 0 Å². The standard InChI is InChI=1S/C13H17ClN2O3/c14-11-6-8(13(18)19)7-12(16-11)15-9-4-2-1-3-5-10(9)17/h6-7,9-10,17H,1-5H2,(H,15,16)(H,18,19). The predicted octanol–water partition coefficient (Wildman–Crippen LogP) is 2.54. The molecule has 0 spiro atoms. The van der Waals surface area contributed by atoms with Gasteiger partial charge in [0.25, 0.3) is 0 Å². The second-order valence-corrected chi connectivity index (χ2v) is 5.21. The van der Waals surface area contributed by atoms with E-state index in [1.807, 2.05) is 0 Å². The highest BCUT2D eigenvalue weighted by Gasteiger charge is 2.22. The molecule has 2 unspecified atom stereocenters. The Balaban J connectivity index is 2.15. The van der Waals surface area contributed by atoms with E-state index in [2.05, 4.69) is 10.3 Å². The average Bonchev–Trinajstić information content (AvgIpc) is 2.54. The van der Waals surface area contributed by atoms with Gasteiger partial charge in [0.1, 0.15) is 11.0 Å². The number of aliphatic hydroxyl groups excluding tert-OH is 1. The van der Waals surface area contributed by atoms with Crippen molar-refractivity contribution in [3.05, 3.63) is 22.8 Å². The quantitative estimate of drug-likeness (QED) is 0.587. The molecular weight excluding hydrogens is 268 g/mol. The summed E-state index contributed by atoms with van der Waals surface area (Å²) in [4.78, 5) is 15.0. The summed E-state index contributed by atoms with van der Waals surface area (Å²) in [5, 5.41) is 22.2. The molecule has 19 heavy (non-hydrogen) atoms. The van der Waals surface area contributed by atoms with Gasteiger partial charge in [-0.3, -0.25) is 0 Å². The van der Waals surface area contributed by atoms with E-state index in [-0.39, 0.29) is 16.8 Å². The number of hydrogen-bond acceptors (Lipinski definition) is 4. The summed E-state index contributed by atoms with van der Waals surface area (Å²) in [6.07, 6.45) is 4.33. The summed E-state index contributed by atoms with van der Waals surface area (Å²) >= 11 is 5.80. The molecule has 0 aliphatic heterocycles. The molecule has 0 aromatic carbocycles. The van der Waals surface area contributed by atoms with E-state index in [1.54, 1.807) is 0 Å². The van der Waals surface area contributed by atoms with Gasteiger partial charge in [-0.25, -0.2) is 9.78 Å². The molecule has 1 aromatic heterocycles. The van der Waals surface area contributed by atoms with Gasteiger partial charge in [-0.2, -0.15) is 0 Å². The first kappa shape index (κ1) is 14.1. The van der Waals surface area contributed by atoms with Crippen LogP contribution in [0, 0.1) is 0 Å². The minimum atomic E-state index is -1.05. The number of nitrogens with zero attached hydrogens (tertiary/aromatic N) is 1. The van der Waals surface area contributed by atoms with Crippen LogP contribution in [0.4, 0.5) is 5.82 Å². The zero-order valence-corrected chi connectivity index (χ0v) is 11.2. The maximum Gasteiger partial charge on any atom is 0.335 e. The molecule has 1 aromatic rings. The van der Waals surface area contributed by atoms with Gasteiger partial charge < -0.3 is 15.5 Å². The maximum atomic E-state index is 11.0. The van der Waals surface area contributed by atoms with Crippen LogP contribution in [0.3, 0.4) is 0 Å². The van der Waals surface area contributed by atoms with Gasteiger partial charge in [-0.05, 0) is 25.0 Å². The Labute approximate surface area is 116 Å². The molecule has 0 radical (unpaired) electrons. The first-order valence-corrected chi connectivity index (χ1v) is 6.79. The van der Waals surface area contributed by atoms with Crippen molar-refractivity contribution in [2.75, 3.05) is 5.32 Å². The zero-order chi connectivity index (χ0) is 13.8. The molecule has 1 aliphatic rings. The Morgan fingerprint density at radius 3 is 2.79 bits per heavy atom. The molecule has 5 nitrogen and oxygen atoms in total. The van der Waals surface area contributed by atoms with Crippen molar-refractivity contribution < 1.29 is 15.0 Å². The fourth-order valence-electron chi connectivity index (χ4n) is 2.34. The van der Waals surface area contributed by atoms with Crippen molar-refractivity contribution in [1.82, 2.24) is 4.98 Å². The minimum Gasteiger partial charge on any atom is -0.478 e. The number of anilines is 1. The van der Waals surface area contributed by atoms with Gasteiger partial charge in [-0.1, -0.05) is 30.9 Å². The number of pyridine rings is 1. The highest BCUT2D eigenvalue weighted by molar-refractivity contribution is 6.29. The molecule has 0 saturated heterocycles. The number of aromatic nitrogens is 1. The highest BCUT2D eigenvalue weighted by Crippen LogP contribution is 2.22. The Kier molecular flexibility index (Phi) is 4.61. The van der Waals surface area contributed by atoms with Gasteiger partial charge in [0, 0.05) is 0 Å². The van der Waals surface area contributed by atoms with Crippen LogP contribution in [-0.4, -0.2) is 33.3 Å². The Morgan fingerprint density at radius 2 is 2.05 bits per heavy atom. The van der Waals surface area contributed by atoms with Crippen LogP contribution >= 0.6 is 11.6 Å². The molecule has 1 heterocycles. The summed E-state index contributed by atoms with van der Waals surface area (Å²) in [6.45, 7) is 0. The lowest BCUT2D eigenvalue weighted by molar-refractivity contribution is 0.0697. The third kappa shape index (κ3) is 3.81. The van der Waals surface area contributed by atoms with Crippen molar-refractivity contribution in [3.63, 3.8) is 0 Å². The summed E-state index contributed by atoms with van der Waals surface area (Å²) in [7, 11) is 0. The Bertz CT molecular complexity index is 467. The molecule has 3 N–H and O–H groups in total. The molecule has 104 valence electrons. The molecule has 0 amide bonds. The SMILES string of the molecule is O=C(O)c1cc(Cl)nc(NC2CCCCCC2O)c1. The number of carboxylic acid groups (broad SMARTS) is 1. The molecule has 2 atom stereocenters. The second-order valence-electron chi connectivity index (χ2n) is 4.83. The summed E-state index contributed by atoms with van der Waals surface area (Å²) in [6, 6.07) is 2.64. The highest BCUT2D eigenvalue weighted by atomic mass is 35.5.